The van der Waals surface area contributed by atoms with E-state index >= 15 is 0 Å². The first-order valence-electron chi connectivity index (χ1n) is 9.94. The third-order valence-electron chi connectivity index (χ3n) is 5.06. The zero-order chi connectivity index (χ0) is 22.2. The molecule has 2 aromatic heterocycles. The molecule has 0 aliphatic rings. The Hall–Kier alpha value is -3.24. The summed E-state index contributed by atoms with van der Waals surface area (Å²) < 4.78 is 35.3. The number of benzene rings is 2. The highest BCUT2D eigenvalue weighted by Gasteiger charge is 2.28. The van der Waals surface area contributed by atoms with Gasteiger partial charge in [-0.3, -0.25) is 4.57 Å². The summed E-state index contributed by atoms with van der Waals surface area (Å²) in [7, 11) is -3.76. The Bertz CT molecular complexity index is 1370. The van der Waals surface area contributed by atoms with Crippen molar-refractivity contribution in [1.82, 2.24) is 24.4 Å². The Labute approximate surface area is 179 Å². The molecule has 9 nitrogen and oxygen atoms in total. The number of imidazole rings is 1. The van der Waals surface area contributed by atoms with Crippen LogP contribution in [0.15, 0.2) is 62.7 Å². The van der Waals surface area contributed by atoms with Crippen LogP contribution >= 0.6 is 0 Å². The van der Waals surface area contributed by atoms with E-state index in [4.69, 9.17) is 4.52 Å². The zero-order valence-electron chi connectivity index (χ0n) is 17.4. The first-order chi connectivity index (χ1) is 14.8. The topological polar surface area (TPSA) is 123 Å². The Balaban J connectivity index is 1.66. The van der Waals surface area contributed by atoms with Crippen LogP contribution in [0.1, 0.15) is 32.7 Å². The van der Waals surface area contributed by atoms with Gasteiger partial charge in [-0.2, -0.15) is 9.71 Å². The van der Waals surface area contributed by atoms with E-state index in [-0.39, 0.29) is 22.4 Å². The fraction of sp³-hybridized carbons (Fsp3) is 0.286. The molecule has 162 valence electrons. The van der Waals surface area contributed by atoms with E-state index in [1.54, 1.807) is 34.9 Å². The number of aromatic amines is 1. The van der Waals surface area contributed by atoms with Gasteiger partial charge in [-0.25, -0.2) is 13.2 Å². The van der Waals surface area contributed by atoms with Crippen molar-refractivity contribution in [3.05, 3.63) is 64.9 Å². The number of nitrogens with zero attached hydrogens (tertiary/aromatic N) is 3. The molecule has 0 unspecified atom stereocenters. The number of rotatable bonds is 7. The third-order valence-corrected chi connectivity index (χ3v) is 6.52. The summed E-state index contributed by atoms with van der Waals surface area (Å²) in [5, 5.41) is 4.03. The summed E-state index contributed by atoms with van der Waals surface area (Å²) in [6.45, 7) is 6.19. The SMILES string of the molecule is CCn1c(=O)[nH]c2cc(-c3noc([C@H](NS(=O)(=O)c4ccccc4)C(C)C)n3)ccc21. The molecular formula is C21H23N5O4S. The highest BCUT2D eigenvalue weighted by Crippen LogP contribution is 2.26. The third kappa shape index (κ3) is 4.04. The van der Waals surface area contributed by atoms with Crippen molar-refractivity contribution in [2.24, 2.45) is 5.92 Å². The molecule has 0 aliphatic heterocycles. The minimum atomic E-state index is -3.76. The van der Waals surface area contributed by atoms with E-state index in [9.17, 15) is 13.2 Å². The van der Waals surface area contributed by atoms with E-state index < -0.39 is 16.1 Å². The molecule has 2 N–H and O–H groups in total. The monoisotopic (exact) mass is 441 g/mol. The van der Waals surface area contributed by atoms with Crippen molar-refractivity contribution >= 4 is 21.1 Å². The fourth-order valence-electron chi connectivity index (χ4n) is 3.40. The van der Waals surface area contributed by atoms with E-state index in [0.29, 0.717) is 23.4 Å². The number of sulfonamides is 1. The van der Waals surface area contributed by atoms with Gasteiger partial charge in [-0.05, 0) is 43.2 Å². The van der Waals surface area contributed by atoms with Gasteiger partial charge in [0, 0.05) is 12.1 Å². The maximum atomic E-state index is 12.8. The van der Waals surface area contributed by atoms with Gasteiger partial charge in [0.1, 0.15) is 6.04 Å². The van der Waals surface area contributed by atoms with Gasteiger partial charge in [0.2, 0.25) is 21.7 Å². The number of hydrogen-bond donors (Lipinski definition) is 2. The lowest BCUT2D eigenvalue weighted by Crippen LogP contribution is -2.32. The Morgan fingerprint density at radius 1 is 1.16 bits per heavy atom. The predicted octanol–water partition coefficient (Wildman–Crippen LogP) is 3.08. The van der Waals surface area contributed by atoms with Gasteiger partial charge >= 0.3 is 5.69 Å². The van der Waals surface area contributed by atoms with Crippen LogP contribution in [0.4, 0.5) is 0 Å². The summed E-state index contributed by atoms with van der Waals surface area (Å²) in [6, 6.07) is 12.8. The average molecular weight is 442 g/mol. The molecule has 1 atom stereocenters. The van der Waals surface area contributed by atoms with Crippen LogP contribution in [0.2, 0.25) is 0 Å². The molecule has 4 aromatic rings. The Morgan fingerprint density at radius 2 is 1.90 bits per heavy atom. The largest absolute Gasteiger partial charge is 0.337 e. The molecule has 2 aromatic carbocycles. The first kappa shape index (κ1) is 21.0. The average Bonchev–Trinajstić information content (AvgIpc) is 3.35. The zero-order valence-corrected chi connectivity index (χ0v) is 18.2. The van der Waals surface area contributed by atoms with Gasteiger partial charge < -0.3 is 9.51 Å². The van der Waals surface area contributed by atoms with Crippen LogP contribution in [0.5, 0.6) is 0 Å². The van der Waals surface area contributed by atoms with E-state index in [0.717, 1.165) is 5.52 Å². The highest BCUT2D eigenvalue weighted by atomic mass is 32.2. The fourth-order valence-corrected chi connectivity index (χ4v) is 4.76. The molecule has 31 heavy (non-hydrogen) atoms. The summed E-state index contributed by atoms with van der Waals surface area (Å²) >= 11 is 0. The second-order valence-electron chi connectivity index (χ2n) is 7.52. The minimum Gasteiger partial charge on any atom is -0.337 e. The van der Waals surface area contributed by atoms with Crippen molar-refractivity contribution in [2.45, 2.75) is 38.3 Å². The second-order valence-corrected chi connectivity index (χ2v) is 9.23. The normalized spacial score (nSPS) is 13.2. The van der Waals surface area contributed by atoms with Crippen molar-refractivity contribution < 1.29 is 12.9 Å². The lowest BCUT2D eigenvalue weighted by Gasteiger charge is -2.18. The highest BCUT2D eigenvalue weighted by molar-refractivity contribution is 7.89. The maximum absolute atomic E-state index is 12.8. The van der Waals surface area contributed by atoms with E-state index in [2.05, 4.69) is 19.8 Å². The van der Waals surface area contributed by atoms with Gasteiger partial charge in [0.05, 0.1) is 15.9 Å². The summed E-state index contributed by atoms with van der Waals surface area (Å²) in [5.74, 6) is 0.347. The Morgan fingerprint density at radius 3 is 2.58 bits per heavy atom. The molecule has 0 radical (unpaired) electrons. The lowest BCUT2D eigenvalue weighted by atomic mass is 10.1. The second kappa shape index (κ2) is 8.12. The van der Waals surface area contributed by atoms with Gasteiger partial charge in [0.25, 0.3) is 0 Å². The molecule has 4 rings (SSSR count). The molecule has 0 saturated carbocycles. The molecule has 0 bridgehead atoms. The molecule has 2 heterocycles. The van der Waals surface area contributed by atoms with Crippen LogP contribution < -0.4 is 10.4 Å². The van der Waals surface area contributed by atoms with E-state index in [1.807, 2.05) is 26.8 Å². The van der Waals surface area contributed by atoms with E-state index in [1.165, 1.54) is 12.1 Å². The number of hydrogen-bond acceptors (Lipinski definition) is 6. The number of aryl methyl sites for hydroxylation is 1. The number of fused-ring (bicyclic) bond motifs is 1. The van der Waals surface area contributed by atoms with Gasteiger partial charge in [-0.1, -0.05) is 37.2 Å². The molecule has 0 saturated heterocycles. The molecule has 0 aliphatic carbocycles. The number of aromatic nitrogens is 4. The first-order valence-corrected chi connectivity index (χ1v) is 11.4. The quantitative estimate of drug-likeness (QED) is 0.454. The van der Waals surface area contributed by atoms with Crippen molar-refractivity contribution in [1.29, 1.82) is 0 Å². The molecule has 0 spiro atoms. The standard InChI is InChI=1S/C21H23N5O4S/c1-4-26-17-11-10-14(12-16(17)22-21(26)27)19-23-20(30-24-19)18(13(2)3)25-31(28,29)15-8-6-5-7-9-15/h5-13,18,25H,4H2,1-3H3,(H,22,27)/t18-/m1/s1. The molecule has 0 amide bonds. The minimum absolute atomic E-state index is 0.135. The van der Waals surface area contributed by atoms with Crippen LogP contribution in [0, 0.1) is 5.92 Å². The molecule has 0 fully saturated rings. The van der Waals surface area contributed by atoms with Crippen LogP contribution in [-0.4, -0.2) is 28.1 Å². The predicted molar refractivity (Wildman–Crippen MR) is 116 cm³/mol. The van der Waals surface area contributed by atoms with Crippen molar-refractivity contribution in [3.8, 4) is 11.4 Å². The van der Waals surface area contributed by atoms with Crippen LogP contribution in [-0.2, 0) is 16.6 Å². The van der Waals surface area contributed by atoms with Crippen molar-refractivity contribution in [2.75, 3.05) is 0 Å². The summed E-state index contributed by atoms with van der Waals surface area (Å²) in [6.07, 6.45) is 0. The Kier molecular flexibility index (Phi) is 5.50. The molecular weight excluding hydrogens is 418 g/mol. The van der Waals surface area contributed by atoms with Gasteiger partial charge in [-0.15, -0.1) is 0 Å². The van der Waals surface area contributed by atoms with Crippen LogP contribution in [0.3, 0.4) is 0 Å². The number of nitrogens with one attached hydrogen (secondary N) is 2. The molecule has 10 heteroatoms. The van der Waals surface area contributed by atoms with Gasteiger partial charge in [0.15, 0.2) is 0 Å². The lowest BCUT2D eigenvalue weighted by molar-refractivity contribution is 0.311. The van der Waals surface area contributed by atoms with Crippen LogP contribution in [0.25, 0.3) is 22.4 Å². The maximum Gasteiger partial charge on any atom is 0.326 e. The number of H-pyrrole nitrogens is 1. The summed E-state index contributed by atoms with van der Waals surface area (Å²) in [5.41, 5.74) is 1.93. The smallest absolute Gasteiger partial charge is 0.326 e. The van der Waals surface area contributed by atoms with Crippen molar-refractivity contribution in [3.63, 3.8) is 0 Å². The summed E-state index contributed by atoms with van der Waals surface area (Å²) in [4.78, 5) is 19.4.